The highest BCUT2D eigenvalue weighted by Crippen LogP contribution is 2.25. The number of likely N-dealkylation sites (N-methyl/N-ethyl adjacent to an activating group) is 1. The van der Waals surface area contributed by atoms with Crippen molar-refractivity contribution in [3.05, 3.63) is 0 Å². The summed E-state index contributed by atoms with van der Waals surface area (Å²) in [6, 6.07) is 0.655. The van der Waals surface area contributed by atoms with Crippen molar-refractivity contribution in [2.45, 2.75) is 38.8 Å². The molecule has 1 atom stereocenters. The third-order valence-electron chi connectivity index (χ3n) is 3.32. The van der Waals surface area contributed by atoms with Crippen molar-refractivity contribution in [3.8, 4) is 0 Å². The zero-order chi connectivity index (χ0) is 13.4. The fourth-order valence-electron chi connectivity index (χ4n) is 1.99. The molecule has 0 heterocycles. The monoisotopic (exact) mass is 257 g/mol. The third kappa shape index (κ3) is 5.80. The molecule has 1 unspecified atom stereocenters. The van der Waals surface area contributed by atoms with Gasteiger partial charge in [-0.25, -0.2) is 0 Å². The minimum Gasteiger partial charge on any atom is -0.383 e. The highest BCUT2D eigenvalue weighted by molar-refractivity contribution is 5.81. The molecule has 1 rings (SSSR count). The van der Waals surface area contributed by atoms with Crippen LogP contribution >= 0.6 is 0 Å². The maximum Gasteiger partial charge on any atom is 0.236 e. The molecule has 0 aromatic carbocycles. The molecule has 1 fully saturated rings. The number of ether oxygens (including phenoxy) is 1. The Balaban J connectivity index is 2.07. The summed E-state index contributed by atoms with van der Waals surface area (Å²) in [5.74, 6) is 0.0431. The van der Waals surface area contributed by atoms with Gasteiger partial charge in [0.15, 0.2) is 0 Å². The smallest absolute Gasteiger partial charge is 0.236 e. The van der Waals surface area contributed by atoms with Crippen LogP contribution in [0.5, 0.6) is 0 Å². The van der Waals surface area contributed by atoms with E-state index in [0.29, 0.717) is 13.2 Å². The van der Waals surface area contributed by atoms with Crippen LogP contribution < -0.4 is 10.6 Å². The number of hydrogen-bond acceptors (Lipinski definition) is 4. The predicted octanol–water partition coefficient (Wildman–Crippen LogP) is 0.211. The van der Waals surface area contributed by atoms with Gasteiger partial charge in [-0.3, -0.25) is 9.69 Å². The van der Waals surface area contributed by atoms with Gasteiger partial charge in [-0.15, -0.1) is 0 Å². The van der Waals surface area contributed by atoms with Crippen LogP contribution in [0.2, 0.25) is 0 Å². The number of nitrogens with one attached hydrogen (secondary N) is 2. The fraction of sp³-hybridized carbons (Fsp3) is 0.923. The molecule has 0 bridgehead atoms. The normalized spacial score (nSPS) is 16.9. The quantitative estimate of drug-likeness (QED) is 0.549. The summed E-state index contributed by atoms with van der Waals surface area (Å²) in [5, 5.41) is 6.09. The van der Waals surface area contributed by atoms with E-state index in [1.165, 1.54) is 12.8 Å². The molecular weight excluding hydrogens is 230 g/mol. The van der Waals surface area contributed by atoms with E-state index in [0.717, 1.165) is 25.7 Å². The first-order chi connectivity index (χ1) is 8.69. The van der Waals surface area contributed by atoms with Crippen LogP contribution in [-0.4, -0.2) is 62.8 Å². The average Bonchev–Trinajstić information content (AvgIpc) is 3.18. The van der Waals surface area contributed by atoms with Crippen molar-refractivity contribution in [1.82, 2.24) is 15.5 Å². The molecule has 0 radical (unpaired) electrons. The van der Waals surface area contributed by atoms with Crippen LogP contribution in [0.1, 0.15) is 26.7 Å². The largest absolute Gasteiger partial charge is 0.383 e. The second-order valence-electron chi connectivity index (χ2n) is 4.82. The van der Waals surface area contributed by atoms with E-state index in [1.54, 1.807) is 7.11 Å². The topological polar surface area (TPSA) is 53.6 Å². The molecular formula is C13H27N3O2. The van der Waals surface area contributed by atoms with Crippen molar-refractivity contribution in [2.75, 3.05) is 39.9 Å². The van der Waals surface area contributed by atoms with E-state index in [1.807, 2.05) is 6.92 Å². The van der Waals surface area contributed by atoms with Gasteiger partial charge in [0.2, 0.25) is 5.91 Å². The van der Waals surface area contributed by atoms with Gasteiger partial charge in [0, 0.05) is 32.8 Å². The highest BCUT2D eigenvalue weighted by Gasteiger charge is 2.27. The molecule has 1 saturated carbocycles. The number of hydrogen-bond donors (Lipinski definition) is 2. The summed E-state index contributed by atoms with van der Waals surface area (Å²) >= 11 is 0. The number of rotatable bonds is 10. The summed E-state index contributed by atoms with van der Waals surface area (Å²) in [6.07, 6.45) is 2.67. The second-order valence-corrected chi connectivity index (χ2v) is 4.82. The zero-order valence-corrected chi connectivity index (χ0v) is 11.9. The van der Waals surface area contributed by atoms with Crippen LogP contribution in [0.4, 0.5) is 0 Å². The maximum atomic E-state index is 11.7. The summed E-state index contributed by atoms with van der Waals surface area (Å²) in [5.41, 5.74) is 0. The van der Waals surface area contributed by atoms with Crippen molar-refractivity contribution >= 4 is 5.91 Å². The lowest BCUT2D eigenvalue weighted by Gasteiger charge is -2.21. The molecule has 0 aromatic heterocycles. The van der Waals surface area contributed by atoms with Gasteiger partial charge in [0.1, 0.15) is 0 Å². The Bertz CT molecular complexity index is 244. The Labute approximate surface area is 110 Å². The first-order valence-electron chi connectivity index (χ1n) is 6.93. The van der Waals surface area contributed by atoms with Crippen LogP contribution in [0.25, 0.3) is 0 Å². The van der Waals surface area contributed by atoms with Crippen molar-refractivity contribution in [2.24, 2.45) is 0 Å². The summed E-state index contributed by atoms with van der Waals surface area (Å²) in [6.45, 7) is 8.21. The average molecular weight is 257 g/mol. The number of amides is 1. The first-order valence-corrected chi connectivity index (χ1v) is 6.93. The molecule has 0 aromatic rings. The van der Waals surface area contributed by atoms with Crippen molar-refractivity contribution in [1.29, 1.82) is 0 Å². The van der Waals surface area contributed by atoms with Crippen LogP contribution in [0, 0.1) is 0 Å². The molecule has 0 spiro atoms. The number of nitrogens with zero attached hydrogens (tertiary/aromatic N) is 1. The lowest BCUT2D eigenvalue weighted by atomic mass is 10.3. The molecule has 5 nitrogen and oxygen atoms in total. The number of carbonyl (C=O) groups excluding carboxylic acids is 1. The van der Waals surface area contributed by atoms with E-state index in [-0.39, 0.29) is 11.9 Å². The molecule has 1 amide bonds. The summed E-state index contributed by atoms with van der Waals surface area (Å²) < 4.78 is 4.89. The molecule has 0 aliphatic heterocycles. The van der Waals surface area contributed by atoms with E-state index >= 15 is 0 Å². The SMILES string of the molecule is CCN(CCNC(C)C(=O)NCCOC)C1CC1. The van der Waals surface area contributed by atoms with Crippen molar-refractivity contribution in [3.63, 3.8) is 0 Å². The Morgan fingerprint density at radius 2 is 2.17 bits per heavy atom. The third-order valence-corrected chi connectivity index (χ3v) is 3.32. The van der Waals surface area contributed by atoms with E-state index < -0.39 is 0 Å². The van der Waals surface area contributed by atoms with Crippen LogP contribution in [0.15, 0.2) is 0 Å². The van der Waals surface area contributed by atoms with E-state index in [9.17, 15) is 4.79 Å². The Hall–Kier alpha value is -0.650. The fourth-order valence-corrected chi connectivity index (χ4v) is 1.99. The van der Waals surface area contributed by atoms with Gasteiger partial charge in [0.05, 0.1) is 12.6 Å². The molecule has 0 saturated heterocycles. The predicted molar refractivity (Wildman–Crippen MR) is 72.6 cm³/mol. The maximum absolute atomic E-state index is 11.7. The summed E-state index contributed by atoms with van der Waals surface area (Å²) in [4.78, 5) is 14.1. The first kappa shape index (κ1) is 15.4. The number of methoxy groups -OCH3 is 1. The van der Waals surface area contributed by atoms with E-state index in [2.05, 4.69) is 22.5 Å². The molecule has 18 heavy (non-hydrogen) atoms. The van der Waals surface area contributed by atoms with Gasteiger partial charge in [-0.1, -0.05) is 6.92 Å². The molecule has 5 heteroatoms. The highest BCUT2D eigenvalue weighted by atomic mass is 16.5. The van der Waals surface area contributed by atoms with Crippen molar-refractivity contribution < 1.29 is 9.53 Å². The van der Waals surface area contributed by atoms with Gasteiger partial charge >= 0.3 is 0 Å². The number of carbonyl (C=O) groups is 1. The van der Waals surface area contributed by atoms with E-state index in [4.69, 9.17) is 4.74 Å². The summed E-state index contributed by atoms with van der Waals surface area (Å²) in [7, 11) is 1.63. The van der Waals surface area contributed by atoms with Gasteiger partial charge in [-0.05, 0) is 26.3 Å². The zero-order valence-electron chi connectivity index (χ0n) is 11.9. The Morgan fingerprint density at radius 1 is 1.44 bits per heavy atom. The van der Waals surface area contributed by atoms with Gasteiger partial charge in [0.25, 0.3) is 0 Å². The van der Waals surface area contributed by atoms with Crippen LogP contribution in [0.3, 0.4) is 0 Å². The van der Waals surface area contributed by atoms with Gasteiger partial charge < -0.3 is 15.4 Å². The minimum atomic E-state index is -0.139. The lowest BCUT2D eigenvalue weighted by molar-refractivity contribution is -0.122. The standard InChI is InChI=1S/C13H27N3O2/c1-4-16(12-5-6-12)9-7-14-11(2)13(17)15-8-10-18-3/h11-12,14H,4-10H2,1-3H3,(H,15,17). The Kier molecular flexibility index (Phi) is 7.23. The Morgan fingerprint density at radius 3 is 2.72 bits per heavy atom. The second kappa shape index (κ2) is 8.45. The van der Waals surface area contributed by atoms with Crippen LogP contribution in [-0.2, 0) is 9.53 Å². The molecule has 2 N–H and O–H groups in total. The minimum absolute atomic E-state index is 0.0431. The molecule has 1 aliphatic rings. The molecule has 1 aliphatic carbocycles. The lowest BCUT2D eigenvalue weighted by Crippen LogP contribution is -2.45. The molecule has 106 valence electrons. The van der Waals surface area contributed by atoms with Gasteiger partial charge in [-0.2, -0.15) is 0 Å².